The number of hydrogen-bond acceptors (Lipinski definition) is 4. The summed E-state index contributed by atoms with van der Waals surface area (Å²) in [4.78, 5) is 0. The third kappa shape index (κ3) is 2.52. The summed E-state index contributed by atoms with van der Waals surface area (Å²) in [6.07, 6.45) is 0. The fraction of sp³-hybridized carbons (Fsp3) is 0.200. The van der Waals surface area contributed by atoms with Gasteiger partial charge in [-0.2, -0.15) is 0 Å². The lowest BCUT2D eigenvalue weighted by atomic mass is 10.2. The van der Waals surface area contributed by atoms with Crippen LogP contribution in [0.2, 0.25) is 0 Å². The Morgan fingerprint density at radius 3 is 2.93 bits per heavy atom. The third-order valence-electron chi connectivity index (χ3n) is 1.86. The average Bonchev–Trinajstić information content (AvgIpc) is 2.62. The van der Waals surface area contributed by atoms with E-state index in [1.165, 1.54) is 12.1 Å². The zero-order valence-electron chi connectivity index (χ0n) is 8.20. The molecule has 0 aliphatic carbocycles. The zero-order chi connectivity index (χ0) is 10.7. The predicted molar refractivity (Wildman–Crippen MR) is 52.8 cm³/mol. The molecular formula is C10H10FN3O. The Morgan fingerprint density at radius 1 is 1.40 bits per heavy atom. The highest BCUT2D eigenvalue weighted by molar-refractivity contribution is 5.23. The maximum absolute atomic E-state index is 12.8. The summed E-state index contributed by atoms with van der Waals surface area (Å²) in [5, 5.41) is 10.3. The molecule has 0 amide bonds. The molecule has 0 aliphatic heterocycles. The first-order valence-electron chi connectivity index (χ1n) is 4.52. The van der Waals surface area contributed by atoms with Crippen LogP contribution in [0, 0.1) is 12.7 Å². The number of nitrogens with one attached hydrogen (secondary N) is 1. The second-order valence-electron chi connectivity index (χ2n) is 3.11. The van der Waals surface area contributed by atoms with E-state index in [0.29, 0.717) is 18.5 Å². The summed E-state index contributed by atoms with van der Waals surface area (Å²) >= 11 is 0. The van der Waals surface area contributed by atoms with Gasteiger partial charge < -0.3 is 9.73 Å². The highest BCUT2D eigenvalue weighted by Gasteiger charge is 2.01. The molecule has 1 heterocycles. The Balaban J connectivity index is 1.99. The Hall–Kier alpha value is -1.91. The van der Waals surface area contributed by atoms with Crippen LogP contribution in [0.4, 0.5) is 10.4 Å². The molecular weight excluding hydrogens is 197 g/mol. The molecule has 2 rings (SSSR count). The van der Waals surface area contributed by atoms with Crippen LogP contribution >= 0.6 is 0 Å². The summed E-state index contributed by atoms with van der Waals surface area (Å²) in [6.45, 7) is 2.17. The first-order valence-corrected chi connectivity index (χ1v) is 4.52. The Morgan fingerprint density at radius 2 is 2.27 bits per heavy atom. The van der Waals surface area contributed by atoms with Crippen molar-refractivity contribution in [1.82, 2.24) is 10.2 Å². The number of aryl methyl sites for hydroxylation is 1. The molecule has 1 aromatic heterocycles. The average molecular weight is 207 g/mol. The van der Waals surface area contributed by atoms with Crippen molar-refractivity contribution < 1.29 is 8.81 Å². The van der Waals surface area contributed by atoms with E-state index in [9.17, 15) is 4.39 Å². The number of anilines is 1. The van der Waals surface area contributed by atoms with Gasteiger partial charge in [0.25, 0.3) is 0 Å². The van der Waals surface area contributed by atoms with Crippen LogP contribution in [0.15, 0.2) is 28.7 Å². The number of halogens is 1. The van der Waals surface area contributed by atoms with Crippen molar-refractivity contribution in [3.8, 4) is 0 Å². The van der Waals surface area contributed by atoms with Gasteiger partial charge in [0.2, 0.25) is 5.89 Å². The summed E-state index contributed by atoms with van der Waals surface area (Å²) < 4.78 is 17.9. The Labute approximate surface area is 86.1 Å². The second-order valence-corrected chi connectivity index (χ2v) is 3.11. The van der Waals surface area contributed by atoms with Crippen LogP contribution in [0.3, 0.4) is 0 Å². The van der Waals surface area contributed by atoms with Gasteiger partial charge in [-0.05, 0) is 17.7 Å². The molecule has 1 aromatic carbocycles. The van der Waals surface area contributed by atoms with Crippen LogP contribution < -0.4 is 5.32 Å². The van der Waals surface area contributed by atoms with Crippen molar-refractivity contribution in [2.24, 2.45) is 0 Å². The van der Waals surface area contributed by atoms with Gasteiger partial charge in [0, 0.05) is 13.5 Å². The first-order chi connectivity index (χ1) is 7.24. The Bertz CT molecular complexity index is 455. The minimum absolute atomic E-state index is 0.254. The number of benzene rings is 1. The van der Waals surface area contributed by atoms with E-state index in [2.05, 4.69) is 15.5 Å². The summed E-state index contributed by atoms with van der Waals surface area (Å²) in [5.41, 5.74) is 0.825. The van der Waals surface area contributed by atoms with Crippen LogP contribution in [0.25, 0.3) is 0 Å². The zero-order valence-corrected chi connectivity index (χ0v) is 8.20. The van der Waals surface area contributed by atoms with Crippen molar-refractivity contribution in [2.45, 2.75) is 13.5 Å². The summed E-state index contributed by atoms with van der Waals surface area (Å²) in [5.74, 6) is 0.243. The molecule has 5 heteroatoms. The van der Waals surface area contributed by atoms with Gasteiger partial charge in [-0.3, -0.25) is 0 Å². The molecule has 78 valence electrons. The molecule has 0 aliphatic rings. The second kappa shape index (κ2) is 4.08. The molecule has 15 heavy (non-hydrogen) atoms. The fourth-order valence-corrected chi connectivity index (χ4v) is 1.19. The molecule has 0 radical (unpaired) electrons. The minimum atomic E-state index is -0.254. The van der Waals surface area contributed by atoms with E-state index in [4.69, 9.17) is 4.42 Å². The van der Waals surface area contributed by atoms with Crippen LogP contribution in [-0.4, -0.2) is 10.2 Å². The monoisotopic (exact) mass is 207 g/mol. The minimum Gasteiger partial charge on any atom is -0.408 e. The van der Waals surface area contributed by atoms with Crippen LogP contribution in [-0.2, 0) is 6.54 Å². The van der Waals surface area contributed by atoms with Crippen molar-refractivity contribution in [2.75, 3.05) is 5.32 Å². The van der Waals surface area contributed by atoms with E-state index in [-0.39, 0.29) is 5.82 Å². The van der Waals surface area contributed by atoms with E-state index in [1.807, 2.05) is 6.07 Å². The molecule has 0 fully saturated rings. The molecule has 0 atom stereocenters. The SMILES string of the molecule is Cc1nnc(NCc2cccc(F)c2)o1. The van der Waals surface area contributed by atoms with Crippen molar-refractivity contribution in [3.05, 3.63) is 41.5 Å². The molecule has 1 N–H and O–H groups in total. The molecule has 0 saturated carbocycles. The fourth-order valence-electron chi connectivity index (χ4n) is 1.19. The van der Waals surface area contributed by atoms with Crippen LogP contribution in [0.5, 0.6) is 0 Å². The highest BCUT2D eigenvalue weighted by Crippen LogP contribution is 2.08. The maximum Gasteiger partial charge on any atom is 0.315 e. The molecule has 0 bridgehead atoms. The first kappa shape index (κ1) is 9.64. The number of aromatic nitrogens is 2. The molecule has 2 aromatic rings. The van der Waals surface area contributed by atoms with Gasteiger partial charge in [-0.25, -0.2) is 4.39 Å². The van der Waals surface area contributed by atoms with Crippen molar-refractivity contribution in [3.63, 3.8) is 0 Å². The topological polar surface area (TPSA) is 51.0 Å². The quantitative estimate of drug-likeness (QED) is 0.837. The van der Waals surface area contributed by atoms with E-state index < -0.39 is 0 Å². The molecule has 0 saturated heterocycles. The maximum atomic E-state index is 12.8. The van der Waals surface area contributed by atoms with Gasteiger partial charge >= 0.3 is 6.01 Å². The largest absolute Gasteiger partial charge is 0.408 e. The number of nitrogens with zero attached hydrogens (tertiary/aromatic N) is 2. The van der Waals surface area contributed by atoms with Crippen molar-refractivity contribution >= 4 is 6.01 Å². The molecule has 4 nitrogen and oxygen atoms in total. The van der Waals surface area contributed by atoms with Crippen LogP contribution in [0.1, 0.15) is 11.5 Å². The van der Waals surface area contributed by atoms with E-state index in [1.54, 1.807) is 13.0 Å². The highest BCUT2D eigenvalue weighted by atomic mass is 19.1. The van der Waals surface area contributed by atoms with Gasteiger partial charge in [-0.1, -0.05) is 17.2 Å². The number of hydrogen-bond donors (Lipinski definition) is 1. The van der Waals surface area contributed by atoms with Gasteiger partial charge in [0.1, 0.15) is 5.82 Å². The summed E-state index contributed by atoms with van der Waals surface area (Å²) in [7, 11) is 0. The van der Waals surface area contributed by atoms with E-state index >= 15 is 0 Å². The smallest absolute Gasteiger partial charge is 0.315 e. The summed E-state index contributed by atoms with van der Waals surface area (Å²) in [6, 6.07) is 6.68. The lowest BCUT2D eigenvalue weighted by Crippen LogP contribution is -1.99. The lowest BCUT2D eigenvalue weighted by molar-refractivity contribution is 0.530. The predicted octanol–water partition coefficient (Wildman–Crippen LogP) is 2.13. The van der Waals surface area contributed by atoms with Gasteiger partial charge in [-0.15, -0.1) is 5.10 Å². The number of rotatable bonds is 3. The van der Waals surface area contributed by atoms with Gasteiger partial charge in [0.15, 0.2) is 0 Å². The normalized spacial score (nSPS) is 10.3. The van der Waals surface area contributed by atoms with Gasteiger partial charge in [0.05, 0.1) is 0 Å². The Kier molecular flexibility index (Phi) is 2.62. The molecule has 0 spiro atoms. The van der Waals surface area contributed by atoms with E-state index in [0.717, 1.165) is 5.56 Å². The van der Waals surface area contributed by atoms with Crippen molar-refractivity contribution in [1.29, 1.82) is 0 Å². The lowest BCUT2D eigenvalue weighted by Gasteiger charge is -2.00. The molecule has 0 unspecified atom stereocenters. The standard InChI is InChI=1S/C10H10FN3O/c1-7-13-14-10(15-7)12-6-8-3-2-4-9(11)5-8/h2-5H,6H2,1H3,(H,12,14). The third-order valence-corrected chi connectivity index (χ3v) is 1.86.